The van der Waals surface area contributed by atoms with Crippen LogP contribution < -0.4 is 15.2 Å². The van der Waals surface area contributed by atoms with Crippen LogP contribution in [0.2, 0.25) is 0 Å². The molecule has 0 saturated carbocycles. The van der Waals surface area contributed by atoms with Crippen molar-refractivity contribution >= 4 is 5.82 Å². The first-order chi connectivity index (χ1) is 10.2. The topological polar surface area (TPSA) is 71.5 Å². The lowest BCUT2D eigenvalue weighted by atomic mass is 10.0. The van der Waals surface area contributed by atoms with Crippen molar-refractivity contribution in [2.45, 2.75) is 6.42 Å². The second kappa shape index (κ2) is 5.65. The molecule has 1 aromatic heterocycles. The summed E-state index contributed by atoms with van der Waals surface area (Å²) in [5, 5.41) is 4.48. The van der Waals surface area contributed by atoms with Gasteiger partial charge in [-0.2, -0.15) is 5.10 Å². The van der Waals surface area contributed by atoms with Crippen LogP contribution in [0.15, 0.2) is 18.2 Å². The SMILES string of the molecule is COCCc1nn(C)c(N)c1-c1ccc2c(c1)OCCO2. The fraction of sp³-hybridized carbons (Fsp3) is 0.400. The van der Waals surface area contributed by atoms with Gasteiger partial charge in [-0.1, -0.05) is 6.07 Å². The Bertz CT molecular complexity index is 652. The van der Waals surface area contributed by atoms with Gasteiger partial charge in [0, 0.05) is 26.1 Å². The summed E-state index contributed by atoms with van der Waals surface area (Å²) in [5.74, 6) is 2.16. The molecule has 112 valence electrons. The van der Waals surface area contributed by atoms with Gasteiger partial charge in [0.2, 0.25) is 0 Å². The lowest BCUT2D eigenvalue weighted by Crippen LogP contribution is -2.15. The van der Waals surface area contributed by atoms with Gasteiger partial charge in [0.25, 0.3) is 0 Å². The molecule has 0 aliphatic carbocycles. The molecule has 0 atom stereocenters. The first-order valence-corrected chi connectivity index (χ1v) is 6.91. The summed E-state index contributed by atoms with van der Waals surface area (Å²) in [7, 11) is 3.52. The number of hydrogen-bond donors (Lipinski definition) is 1. The normalized spacial score (nSPS) is 13.4. The molecule has 2 aromatic rings. The fourth-order valence-corrected chi connectivity index (χ4v) is 2.48. The van der Waals surface area contributed by atoms with E-state index in [1.165, 1.54) is 0 Å². The van der Waals surface area contributed by atoms with E-state index in [-0.39, 0.29) is 0 Å². The van der Waals surface area contributed by atoms with E-state index in [2.05, 4.69) is 5.10 Å². The Labute approximate surface area is 123 Å². The maximum atomic E-state index is 6.17. The van der Waals surface area contributed by atoms with Crippen molar-refractivity contribution in [3.05, 3.63) is 23.9 Å². The summed E-state index contributed by atoms with van der Waals surface area (Å²) < 4.78 is 18.0. The Morgan fingerprint density at radius 2 is 2.05 bits per heavy atom. The molecule has 1 aromatic carbocycles. The van der Waals surface area contributed by atoms with Crippen LogP contribution in [0.5, 0.6) is 11.5 Å². The Morgan fingerprint density at radius 1 is 1.29 bits per heavy atom. The van der Waals surface area contributed by atoms with Crippen LogP contribution in [0, 0.1) is 0 Å². The minimum atomic E-state index is 0.565. The highest BCUT2D eigenvalue weighted by molar-refractivity contribution is 5.78. The predicted molar refractivity (Wildman–Crippen MR) is 79.6 cm³/mol. The number of benzene rings is 1. The zero-order valence-electron chi connectivity index (χ0n) is 12.3. The third-order valence-electron chi connectivity index (χ3n) is 3.54. The first-order valence-electron chi connectivity index (χ1n) is 6.91. The Balaban J connectivity index is 2.03. The van der Waals surface area contributed by atoms with E-state index in [0.717, 1.165) is 28.3 Å². The highest BCUT2D eigenvalue weighted by Gasteiger charge is 2.19. The zero-order chi connectivity index (χ0) is 14.8. The van der Waals surface area contributed by atoms with Crippen LogP contribution in [-0.4, -0.2) is 36.7 Å². The van der Waals surface area contributed by atoms with Gasteiger partial charge in [0.15, 0.2) is 11.5 Å². The molecule has 2 N–H and O–H groups in total. The molecular formula is C15H19N3O3. The van der Waals surface area contributed by atoms with Crippen LogP contribution in [-0.2, 0) is 18.2 Å². The van der Waals surface area contributed by atoms with Crippen LogP contribution in [0.4, 0.5) is 5.82 Å². The molecule has 3 rings (SSSR count). The molecule has 2 heterocycles. The van der Waals surface area contributed by atoms with Crippen LogP contribution in [0.1, 0.15) is 5.69 Å². The minimum absolute atomic E-state index is 0.565. The lowest BCUT2D eigenvalue weighted by molar-refractivity contribution is 0.171. The number of methoxy groups -OCH3 is 1. The van der Waals surface area contributed by atoms with Gasteiger partial charge in [-0.3, -0.25) is 4.68 Å². The van der Waals surface area contributed by atoms with Crippen LogP contribution >= 0.6 is 0 Å². The summed E-state index contributed by atoms with van der Waals surface area (Å²) >= 11 is 0. The maximum absolute atomic E-state index is 6.17. The number of anilines is 1. The standard InChI is InChI=1S/C15H19N3O3/c1-18-15(16)14(11(17-18)5-6-19-2)10-3-4-12-13(9-10)21-8-7-20-12/h3-4,9H,5-8,16H2,1-2H3. The Morgan fingerprint density at radius 3 is 2.81 bits per heavy atom. The number of ether oxygens (including phenoxy) is 3. The van der Waals surface area contributed by atoms with Crippen molar-refractivity contribution in [2.75, 3.05) is 32.7 Å². The molecular weight excluding hydrogens is 270 g/mol. The van der Waals surface area contributed by atoms with Crippen LogP contribution in [0.3, 0.4) is 0 Å². The Kier molecular flexibility index (Phi) is 3.70. The molecule has 0 amide bonds. The van der Waals surface area contributed by atoms with E-state index in [1.807, 2.05) is 25.2 Å². The van der Waals surface area contributed by atoms with Crippen molar-refractivity contribution < 1.29 is 14.2 Å². The fourth-order valence-electron chi connectivity index (χ4n) is 2.48. The van der Waals surface area contributed by atoms with Gasteiger partial charge in [0.1, 0.15) is 19.0 Å². The number of nitrogen functional groups attached to an aromatic ring is 1. The molecule has 0 fully saturated rings. The van der Waals surface area contributed by atoms with E-state index in [4.69, 9.17) is 19.9 Å². The zero-order valence-corrected chi connectivity index (χ0v) is 12.3. The predicted octanol–water partition coefficient (Wildman–Crippen LogP) is 1.63. The van der Waals surface area contributed by atoms with Gasteiger partial charge in [0.05, 0.1) is 12.3 Å². The number of fused-ring (bicyclic) bond motifs is 1. The van der Waals surface area contributed by atoms with Crippen molar-refractivity contribution in [1.82, 2.24) is 9.78 Å². The van der Waals surface area contributed by atoms with Crippen molar-refractivity contribution in [3.8, 4) is 22.6 Å². The average molecular weight is 289 g/mol. The van der Waals surface area contributed by atoms with Gasteiger partial charge in [-0.05, 0) is 17.7 Å². The molecule has 6 heteroatoms. The molecule has 1 aliphatic rings. The minimum Gasteiger partial charge on any atom is -0.486 e. The smallest absolute Gasteiger partial charge is 0.161 e. The number of rotatable bonds is 4. The summed E-state index contributed by atoms with van der Waals surface area (Å²) in [6.45, 7) is 1.75. The average Bonchev–Trinajstić information content (AvgIpc) is 2.79. The molecule has 21 heavy (non-hydrogen) atoms. The maximum Gasteiger partial charge on any atom is 0.161 e. The van der Waals surface area contributed by atoms with Crippen molar-refractivity contribution in [3.63, 3.8) is 0 Å². The van der Waals surface area contributed by atoms with E-state index in [0.29, 0.717) is 32.1 Å². The van der Waals surface area contributed by atoms with Crippen LogP contribution in [0.25, 0.3) is 11.1 Å². The Hall–Kier alpha value is -2.21. The first kappa shape index (κ1) is 13.8. The van der Waals surface area contributed by atoms with Gasteiger partial charge >= 0.3 is 0 Å². The lowest BCUT2D eigenvalue weighted by Gasteiger charge is -2.19. The third-order valence-corrected chi connectivity index (χ3v) is 3.54. The quantitative estimate of drug-likeness (QED) is 0.926. The van der Waals surface area contributed by atoms with E-state index >= 15 is 0 Å². The number of hydrogen-bond acceptors (Lipinski definition) is 5. The van der Waals surface area contributed by atoms with Gasteiger partial charge in [-0.15, -0.1) is 0 Å². The number of nitrogens with two attached hydrogens (primary N) is 1. The van der Waals surface area contributed by atoms with Crippen molar-refractivity contribution in [2.24, 2.45) is 7.05 Å². The number of aryl methyl sites for hydroxylation is 1. The molecule has 6 nitrogen and oxygen atoms in total. The third kappa shape index (κ3) is 2.54. The number of aromatic nitrogens is 2. The molecule has 0 saturated heterocycles. The number of nitrogens with zero attached hydrogens (tertiary/aromatic N) is 2. The molecule has 0 radical (unpaired) electrons. The van der Waals surface area contributed by atoms with Crippen molar-refractivity contribution in [1.29, 1.82) is 0 Å². The summed E-state index contributed by atoms with van der Waals surface area (Å²) in [6, 6.07) is 5.85. The van der Waals surface area contributed by atoms with E-state index in [9.17, 15) is 0 Å². The highest BCUT2D eigenvalue weighted by atomic mass is 16.6. The van der Waals surface area contributed by atoms with E-state index < -0.39 is 0 Å². The van der Waals surface area contributed by atoms with E-state index in [1.54, 1.807) is 11.8 Å². The second-order valence-electron chi connectivity index (χ2n) is 4.93. The molecule has 0 unspecified atom stereocenters. The monoisotopic (exact) mass is 289 g/mol. The largest absolute Gasteiger partial charge is 0.486 e. The molecule has 0 bridgehead atoms. The molecule has 0 spiro atoms. The van der Waals surface area contributed by atoms with Gasteiger partial charge < -0.3 is 19.9 Å². The molecule has 1 aliphatic heterocycles. The second-order valence-corrected chi connectivity index (χ2v) is 4.93. The summed E-state index contributed by atoms with van der Waals surface area (Å²) in [6.07, 6.45) is 0.714. The van der Waals surface area contributed by atoms with Gasteiger partial charge in [-0.25, -0.2) is 0 Å². The summed E-state index contributed by atoms with van der Waals surface area (Å²) in [5.41, 5.74) is 9.01. The summed E-state index contributed by atoms with van der Waals surface area (Å²) in [4.78, 5) is 0. The highest BCUT2D eigenvalue weighted by Crippen LogP contribution is 2.37.